The van der Waals surface area contributed by atoms with E-state index in [1.165, 1.54) is 0 Å². The van der Waals surface area contributed by atoms with Crippen molar-refractivity contribution in [1.82, 2.24) is 4.90 Å². The Morgan fingerprint density at radius 1 is 1.25 bits per heavy atom. The predicted molar refractivity (Wildman–Crippen MR) is 96.1 cm³/mol. The molecule has 2 aliphatic rings. The van der Waals surface area contributed by atoms with E-state index in [0.29, 0.717) is 12.3 Å². The first kappa shape index (κ1) is 16.8. The van der Waals surface area contributed by atoms with Gasteiger partial charge in [-0.3, -0.25) is 9.59 Å². The second-order valence-corrected chi connectivity index (χ2v) is 7.07. The van der Waals surface area contributed by atoms with E-state index >= 15 is 0 Å². The van der Waals surface area contributed by atoms with Crippen LogP contribution < -0.4 is 10.2 Å². The van der Waals surface area contributed by atoms with Gasteiger partial charge in [-0.15, -0.1) is 0 Å². The number of rotatable bonds is 4. The lowest BCUT2D eigenvalue weighted by molar-refractivity contribution is -0.133. The van der Waals surface area contributed by atoms with Crippen LogP contribution in [0.4, 0.5) is 11.4 Å². The normalized spacial score (nSPS) is 20.3. The van der Waals surface area contributed by atoms with Crippen LogP contribution in [0.3, 0.4) is 0 Å². The fraction of sp³-hybridized carbons (Fsp3) is 0.579. The van der Waals surface area contributed by atoms with Crippen LogP contribution in [0.15, 0.2) is 24.3 Å². The third-order valence-corrected chi connectivity index (χ3v) is 5.08. The van der Waals surface area contributed by atoms with E-state index in [4.69, 9.17) is 0 Å². The molecule has 5 heteroatoms. The Morgan fingerprint density at radius 2 is 2.00 bits per heavy atom. The molecular formula is C19H27N3O2. The lowest BCUT2D eigenvalue weighted by atomic mass is 9.99. The molecule has 1 unspecified atom stereocenters. The number of nitrogens with one attached hydrogen (secondary N) is 1. The van der Waals surface area contributed by atoms with Crippen LogP contribution in [0, 0.1) is 5.92 Å². The Bertz CT molecular complexity index is 608. The van der Waals surface area contributed by atoms with Gasteiger partial charge in [-0.25, -0.2) is 0 Å². The van der Waals surface area contributed by atoms with Crippen molar-refractivity contribution in [3.8, 4) is 0 Å². The summed E-state index contributed by atoms with van der Waals surface area (Å²) in [6, 6.07) is 7.54. The summed E-state index contributed by atoms with van der Waals surface area (Å²) in [5, 5.41) is 3.30. The number of benzene rings is 1. The van der Waals surface area contributed by atoms with Gasteiger partial charge >= 0.3 is 0 Å². The highest BCUT2D eigenvalue weighted by Gasteiger charge is 2.25. The molecule has 2 fully saturated rings. The van der Waals surface area contributed by atoms with Crippen LogP contribution in [0.2, 0.25) is 0 Å². The van der Waals surface area contributed by atoms with Gasteiger partial charge in [0.05, 0.1) is 0 Å². The maximum Gasteiger partial charge on any atom is 0.244 e. The van der Waals surface area contributed by atoms with Gasteiger partial charge in [-0.1, -0.05) is 13.0 Å². The van der Waals surface area contributed by atoms with E-state index in [2.05, 4.69) is 12.2 Å². The number of piperidine rings is 1. The van der Waals surface area contributed by atoms with Gasteiger partial charge in [0, 0.05) is 37.4 Å². The van der Waals surface area contributed by atoms with Crippen LogP contribution in [0.25, 0.3) is 0 Å². The van der Waals surface area contributed by atoms with E-state index in [0.717, 1.165) is 50.3 Å². The topological polar surface area (TPSA) is 52.7 Å². The molecule has 1 N–H and O–H groups in total. The lowest BCUT2D eigenvalue weighted by Crippen LogP contribution is -2.45. The summed E-state index contributed by atoms with van der Waals surface area (Å²) >= 11 is 0. The van der Waals surface area contributed by atoms with Gasteiger partial charge in [0.25, 0.3) is 0 Å². The maximum absolute atomic E-state index is 12.6. The molecule has 24 heavy (non-hydrogen) atoms. The molecule has 3 rings (SSSR count). The second kappa shape index (κ2) is 7.24. The zero-order valence-corrected chi connectivity index (χ0v) is 14.6. The number of hydrogen-bond acceptors (Lipinski definition) is 3. The molecule has 0 saturated carbocycles. The van der Waals surface area contributed by atoms with Crippen molar-refractivity contribution in [1.29, 1.82) is 0 Å². The predicted octanol–water partition coefficient (Wildman–Crippen LogP) is 2.87. The van der Waals surface area contributed by atoms with Crippen molar-refractivity contribution < 1.29 is 9.59 Å². The standard InChI is InChI=1S/C19H27N3O2/c1-14-8-11-21(12-9-14)19(24)15(2)20-16-5-3-6-17(13-16)22-10-4-7-18(22)23/h3,5-6,13-15,20H,4,7-12H2,1-2H3. The molecule has 2 amide bonds. The first-order chi connectivity index (χ1) is 11.5. The van der Waals surface area contributed by atoms with Gasteiger partial charge < -0.3 is 15.1 Å². The van der Waals surface area contributed by atoms with Crippen LogP contribution >= 0.6 is 0 Å². The monoisotopic (exact) mass is 329 g/mol. The van der Waals surface area contributed by atoms with E-state index in [9.17, 15) is 9.59 Å². The Labute approximate surface area is 144 Å². The number of carbonyl (C=O) groups is 2. The minimum atomic E-state index is -0.261. The molecule has 5 nitrogen and oxygen atoms in total. The van der Waals surface area contributed by atoms with Gasteiger partial charge in [-0.05, 0) is 50.3 Å². The highest BCUT2D eigenvalue weighted by atomic mass is 16.2. The van der Waals surface area contributed by atoms with E-state index in [1.807, 2.05) is 41.0 Å². The summed E-state index contributed by atoms with van der Waals surface area (Å²) in [4.78, 5) is 28.3. The van der Waals surface area contributed by atoms with Crippen LogP contribution in [0.5, 0.6) is 0 Å². The molecule has 2 heterocycles. The van der Waals surface area contributed by atoms with Gasteiger partial charge in [0.15, 0.2) is 0 Å². The Morgan fingerprint density at radius 3 is 2.67 bits per heavy atom. The average molecular weight is 329 g/mol. The Kier molecular flexibility index (Phi) is 5.07. The van der Waals surface area contributed by atoms with Crippen molar-refractivity contribution in [2.45, 2.75) is 45.6 Å². The zero-order valence-electron chi connectivity index (χ0n) is 14.6. The molecule has 2 aliphatic heterocycles. The van der Waals surface area contributed by atoms with Crippen molar-refractivity contribution >= 4 is 23.2 Å². The smallest absolute Gasteiger partial charge is 0.244 e. The number of nitrogens with zero attached hydrogens (tertiary/aromatic N) is 2. The van der Waals surface area contributed by atoms with E-state index < -0.39 is 0 Å². The lowest BCUT2D eigenvalue weighted by Gasteiger charge is -2.32. The quantitative estimate of drug-likeness (QED) is 0.924. The number of amides is 2. The Hall–Kier alpha value is -2.04. The van der Waals surface area contributed by atoms with Crippen LogP contribution in [-0.4, -0.2) is 42.4 Å². The SMILES string of the molecule is CC1CCN(C(=O)C(C)Nc2cccc(N3CCCC3=O)c2)CC1. The van der Waals surface area contributed by atoms with E-state index in [1.54, 1.807) is 0 Å². The van der Waals surface area contributed by atoms with Crippen molar-refractivity contribution in [2.24, 2.45) is 5.92 Å². The minimum Gasteiger partial charge on any atom is -0.374 e. The first-order valence-corrected chi connectivity index (χ1v) is 9.00. The summed E-state index contributed by atoms with van der Waals surface area (Å²) < 4.78 is 0. The van der Waals surface area contributed by atoms with Crippen molar-refractivity contribution in [3.63, 3.8) is 0 Å². The molecule has 0 bridgehead atoms. The highest BCUT2D eigenvalue weighted by Crippen LogP contribution is 2.25. The highest BCUT2D eigenvalue weighted by molar-refractivity contribution is 5.95. The van der Waals surface area contributed by atoms with Gasteiger partial charge in [0.1, 0.15) is 6.04 Å². The molecule has 1 atom stereocenters. The maximum atomic E-state index is 12.6. The third-order valence-electron chi connectivity index (χ3n) is 5.08. The largest absolute Gasteiger partial charge is 0.374 e. The minimum absolute atomic E-state index is 0.157. The molecule has 0 aliphatic carbocycles. The number of likely N-dealkylation sites (tertiary alicyclic amines) is 1. The van der Waals surface area contributed by atoms with Crippen LogP contribution in [-0.2, 0) is 9.59 Å². The fourth-order valence-electron chi connectivity index (χ4n) is 3.50. The van der Waals surface area contributed by atoms with E-state index in [-0.39, 0.29) is 17.9 Å². The van der Waals surface area contributed by atoms with Gasteiger partial charge in [-0.2, -0.15) is 0 Å². The number of hydrogen-bond donors (Lipinski definition) is 1. The Balaban J connectivity index is 1.62. The zero-order chi connectivity index (χ0) is 17.1. The molecular weight excluding hydrogens is 302 g/mol. The van der Waals surface area contributed by atoms with Crippen molar-refractivity contribution in [3.05, 3.63) is 24.3 Å². The summed E-state index contributed by atoms with van der Waals surface area (Å²) in [7, 11) is 0. The molecule has 2 saturated heterocycles. The molecule has 0 spiro atoms. The molecule has 0 aromatic heterocycles. The summed E-state index contributed by atoms with van der Waals surface area (Å²) in [6.45, 7) is 6.65. The number of anilines is 2. The fourth-order valence-corrected chi connectivity index (χ4v) is 3.50. The first-order valence-electron chi connectivity index (χ1n) is 9.00. The van der Waals surface area contributed by atoms with Crippen molar-refractivity contribution in [2.75, 3.05) is 29.9 Å². The molecule has 0 radical (unpaired) electrons. The van der Waals surface area contributed by atoms with Gasteiger partial charge in [0.2, 0.25) is 11.8 Å². The second-order valence-electron chi connectivity index (χ2n) is 7.07. The molecule has 1 aromatic rings. The summed E-state index contributed by atoms with van der Waals surface area (Å²) in [5.41, 5.74) is 1.80. The summed E-state index contributed by atoms with van der Waals surface area (Å²) in [6.07, 6.45) is 3.72. The third kappa shape index (κ3) is 3.71. The average Bonchev–Trinajstić information content (AvgIpc) is 3.01. The molecule has 1 aromatic carbocycles. The number of carbonyl (C=O) groups excluding carboxylic acids is 2. The summed E-state index contributed by atoms with van der Waals surface area (Å²) in [5.74, 6) is 1.05. The van der Waals surface area contributed by atoms with Crippen LogP contribution in [0.1, 0.15) is 39.5 Å². The molecule has 130 valence electrons.